The number of ether oxygens (including phenoxy) is 1. The number of hydrogen-bond acceptors (Lipinski definition) is 5. The van der Waals surface area contributed by atoms with Crippen LogP contribution >= 0.6 is 0 Å². The highest BCUT2D eigenvalue weighted by molar-refractivity contribution is 6.00. The third-order valence-corrected chi connectivity index (χ3v) is 4.78. The van der Waals surface area contributed by atoms with Crippen LogP contribution in [-0.4, -0.2) is 45.2 Å². The van der Waals surface area contributed by atoms with Crippen LogP contribution in [0.1, 0.15) is 85.7 Å². The largest absolute Gasteiger partial charge is 0.477 e. The number of ketones is 2. The molecule has 0 aromatic carbocycles. The van der Waals surface area contributed by atoms with E-state index >= 15 is 0 Å². The second-order valence-electron chi connectivity index (χ2n) is 6.75. The number of H-pyrrole nitrogens is 2. The van der Waals surface area contributed by atoms with Crippen LogP contribution in [0, 0.1) is 0 Å². The van der Waals surface area contributed by atoms with E-state index in [9.17, 15) is 19.2 Å². The van der Waals surface area contributed by atoms with Crippen LogP contribution in [-0.2, 0) is 17.6 Å². The molecule has 148 valence electrons. The molecule has 0 atom stereocenters. The lowest BCUT2D eigenvalue weighted by molar-refractivity contribution is 0.0519. The lowest BCUT2D eigenvalue weighted by atomic mass is 9.97. The van der Waals surface area contributed by atoms with Gasteiger partial charge in [-0.05, 0) is 55.9 Å². The first kappa shape index (κ1) is 19.6. The van der Waals surface area contributed by atoms with Gasteiger partial charge in [0.05, 0.1) is 18.0 Å². The SMILES string of the molecule is CCOC(=O)c1cc2c([nH]1)C(=O)CCC2.O=C(O)c1cc2c([nH]1)C(=O)CCC2. The van der Waals surface area contributed by atoms with Gasteiger partial charge in [-0.2, -0.15) is 0 Å². The molecule has 2 aromatic rings. The molecule has 0 bridgehead atoms. The Bertz CT molecular complexity index is 937. The van der Waals surface area contributed by atoms with E-state index in [0.29, 0.717) is 36.5 Å². The molecular weight excluding hydrogens is 364 g/mol. The van der Waals surface area contributed by atoms with Gasteiger partial charge in [-0.25, -0.2) is 9.59 Å². The molecule has 3 N–H and O–H groups in total. The lowest BCUT2D eigenvalue weighted by Gasteiger charge is -2.07. The van der Waals surface area contributed by atoms with Crippen molar-refractivity contribution in [1.29, 1.82) is 0 Å². The van der Waals surface area contributed by atoms with E-state index < -0.39 is 5.97 Å². The van der Waals surface area contributed by atoms with Crippen LogP contribution in [0.4, 0.5) is 0 Å². The molecule has 0 unspecified atom stereocenters. The zero-order valence-electron chi connectivity index (χ0n) is 15.6. The number of carbonyl (C=O) groups excluding carboxylic acids is 3. The Morgan fingerprint density at radius 3 is 1.89 bits per heavy atom. The highest BCUT2D eigenvalue weighted by atomic mass is 16.5. The van der Waals surface area contributed by atoms with Crippen molar-refractivity contribution in [2.75, 3.05) is 6.61 Å². The molecule has 0 spiro atoms. The number of carboxylic acids is 1. The fourth-order valence-electron chi connectivity index (χ4n) is 3.45. The van der Waals surface area contributed by atoms with Crippen molar-refractivity contribution in [1.82, 2.24) is 9.97 Å². The van der Waals surface area contributed by atoms with Crippen molar-refractivity contribution in [2.24, 2.45) is 0 Å². The van der Waals surface area contributed by atoms with E-state index in [0.717, 1.165) is 36.8 Å². The average molecular weight is 386 g/mol. The molecule has 2 heterocycles. The summed E-state index contributed by atoms with van der Waals surface area (Å²) in [6, 6.07) is 3.28. The van der Waals surface area contributed by atoms with Gasteiger partial charge in [0.2, 0.25) is 0 Å². The standard InChI is InChI=1S/C11H13NO3.C9H9NO3/c1-2-15-11(14)8-6-7-4-3-5-9(13)10(7)12-8;11-7-3-1-2-5-4-6(9(12)13)10-8(5)7/h6,12H,2-5H2,1H3;4,10H,1-3H2,(H,12,13). The van der Waals surface area contributed by atoms with Gasteiger partial charge in [0.15, 0.2) is 11.6 Å². The normalized spacial score (nSPS) is 15.2. The number of Topliss-reactive ketones (excluding diaryl/α,β-unsaturated/α-hetero) is 2. The Hall–Kier alpha value is -3.16. The van der Waals surface area contributed by atoms with Crippen LogP contribution in [0.15, 0.2) is 12.1 Å². The number of carboxylic acid groups (broad SMARTS) is 1. The maximum atomic E-state index is 11.5. The monoisotopic (exact) mass is 386 g/mol. The zero-order valence-corrected chi connectivity index (χ0v) is 15.6. The summed E-state index contributed by atoms with van der Waals surface area (Å²) in [6.45, 7) is 2.10. The summed E-state index contributed by atoms with van der Waals surface area (Å²) < 4.78 is 4.86. The van der Waals surface area contributed by atoms with Crippen molar-refractivity contribution in [2.45, 2.75) is 45.4 Å². The topological polar surface area (TPSA) is 129 Å². The summed E-state index contributed by atoms with van der Waals surface area (Å²) in [6.07, 6.45) is 4.43. The van der Waals surface area contributed by atoms with Crippen LogP contribution in [0.3, 0.4) is 0 Å². The fourth-order valence-corrected chi connectivity index (χ4v) is 3.45. The Balaban J connectivity index is 0.000000162. The Labute approximate surface area is 161 Å². The van der Waals surface area contributed by atoms with Crippen LogP contribution < -0.4 is 0 Å². The summed E-state index contributed by atoms with van der Waals surface area (Å²) in [5, 5.41) is 8.68. The molecule has 4 rings (SSSR count). The number of esters is 1. The highest BCUT2D eigenvalue weighted by Crippen LogP contribution is 2.22. The lowest BCUT2D eigenvalue weighted by Crippen LogP contribution is -2.10. The number of aromatic carboxylic acids is 1. The van der Waals surface area contributed by atoms with Gasteiger partial charge in [-0.15, -0.1) is 0 Å². The summed E-state index contributed by atoms with van der Waals surface area (Å²) in [4.78, 5) is 50.3. The molecule has 2 aliphatic rings. The van der Waals surface area contributed by atoms with Gasteiger partial charge in [0, 0.05) is 12.8 Å². The molecule has 8 nitrogen and oxygen atoms in total. The van der Waals surface area contributed by atoms with Gasteiger partial charge < -0.3 is 19.8 Å². The van der Waals surface area contributed by atoms with Crippen LogP contribution in [0.25, 0.3) is 0 Å². The smallest absolute Gasteiger partial charge is 0.354 e. The van der Waals surface area contributed by atoms with Gasteiger partial charge >= 0.3 is 11.9 Å². The number of aromatic nitrogens is 2. The minimum Gasteiger partial charge on any atom is -0.477 e. The average Bonchev–Trinajstić information content (AvgIpc) is 3.28. The first-order valence-corrected chi connectivity index (χ1v) is 9.31. The second kappa shape index (κ2) is 8.24. The van der Waals surface area contributed by atoms with Crippen molar-refractivity contribution in [3.8, 4) is 0 Å². The maximum Gasteiger partial charge on any atom is 0.354 e. The number of fused-ring (bicyclic) bond motifs is 2. The number of hydrogen-bond donors (Lipinski definition) is 3. The third-order valence-electron chi connectivity index (χ3n) is 4.78. The Morgan fingerprint density at radius 2 is 1.43 bits per heavy atom. The summed E-state index contributed by atoms with van der Waals surface area (Å²) >= 11 is 0. The molecule has 0 saturated carbocycles. The molecule has 28 heavy (non-hydrogen) atoms. The van der Waals surface area contributed by atoms with E-state index in [2.05, 4.69) is 9.97 Å². The van der Waals surface area contributed by atoms with E-state index in [1.54, 1.807) is 19.1 Å². The number of rotatable bonds is 3. The van der Waals surface area contributed by atoms with Gasteiger partial charge in [0.25, 0.3) is 0 Å². The second-order valence-corrected chi connectivity index (χ2v) is 6.75. The van der Waals surface area contributed by atoms with Gasteiger partial charge in [0.1, 0.15) is 11.4 Å². The molecule has 2 aliphatic carbocycles. The molecule has 0 fully saturated rings. The first-order chi connectivity index (χ1) is 13.4. The van der Waals surface area contributed by atoms with E-state index in [4.69, 9.17) is 9.84 Å². The zero-order chi connectivity index (χ0) is 20.3. The predicted molar refractivity (Wildman–Crippen MR) is 99.0 cm³/mol. The molecule has 0 saturated heterocycles. The van der Waals surface area contributed by atoms with Gasteiger partial charge in [-0.1, -0.05) is 0 Å². The summed E-state index contributed by atoms with van der Waals surface area (Å²) in [5.41, 5.74) is 3.35. The predicted octanol–water partition coefficient (Wildman–Crippen LogP) is 2.94. The quantitative estimate of drug-likeness (QED) is 0.696. The number of aryl methyl sites for hydroxylation is 2. The third kappa shape index (κ3) is 4.05. The van der Waals surface area contributed by atoms with Crippen LogP contribution in [0.5, 0.6) is 0 Å². The summed E-state index contributed by atoms with van der Waals surface area (Å²) in [5.74, 6) is -1.29. The van der Waals surface area contributed by atoms with Crippen molar-refractivity contribution in [3.05, 3.63) is 46.0 Å². The Morgan fingerprint density at radius 1 is 0.929 bits per heavy atom. The molecule has 2 aromatic heterocycles. The molecule has 0 aliphatic heterocycles. The molecule has 8 heteroatoms. The molecule has 0 radical (unpaired) electrons. The number of nitrogens with one attached hydrogen (secondary N) is 2. The van der Waals surface area contributed by atoms with Crippen molar-refractivity contribution in [3.63, 3.8) is 0 Å². The number of aromatic amines is 2. The number of carbonyl (C=O) groups is 4. The fraction of sp³-hybridized carbons (Fsp3) is 0.400. The van der Waals surface area contributed by atoms with Crippen molar-refractivity contribution >= 4 is 23.5 Å². The molecular formula is C20H22N2O6. The first-order valence-electron chi connectivity index (χ1n) is 9.31. The Kier molecular flexibility index (Phi) is 5.77. The summed E-state index contributed by atoms with van der Waals surface area (Å²) in [7, 11) is 0. The van der Waals surface area contributed by atoms with Gasteiger partial charge in [-0.3, -0.25) is 9.59 Å². The molecule has 0 amide bonds. The van der Waals surface area contributed by atoms with Crippen LogP contribution in [0.2, 0.25) is 0 Å². The minimum atomic E-state index is -1.01. The van der Waals surface area contributed by atoms with E-state index in [-0.39, 0.29) is 23.2 Å². The highest BCUT2D eigenvalue weighted by Gasteiger charge is 2.23. The van der Waals surface area contributed by atoms with E-state index in [1.807, 2.05) is 0 Å². The minimum absolute atomic E-state index is 0.0220. The van der Waals surface area contributed by atoms with E-state index in [1.165, 1.54) is 0 Å². The maximum absolute atomic E-state index is 11.5. The van der Waals surface area contributed by atoms with Crippen molar-refractivity contribution < 1.29 is 29.0 Å².